The van der Waals surface area contributed by atoms with Crippen LogP contribution in [0.5, 0.6) is 0 Å². The van der Waals surface area contributed by atoms with Gasteiger partial charge in [-0.05, 0) is 48.4 Å². The third-order valence-corrected chi connectivity index (χ3v) is 4.20. The normalized spacial score (nSPS) is 14.9. The molecule has 1 aliphatic rings. The average Bonchev–Trinajstić information content (AvgIpc) is 3.46. The number of carboxylic acids is 1. The minimum Gasteiger partial charge on any atom is -0.480 e. The topological polar surface area (TPSA) is 95.7 Å². The largest absolute Gasteiger partial charge is 0.480 e. The number of hydrogen-bond acceptors (Lipinski definition) is 4. The Morgan fingerprint density at radius 1 is 1.21 bits per heavy atom. The van der Waals surface area contributed by atoms with E-state index in [0.717, 1.165) is 29.7 Å². The van der Waals surface area contributed by atoms with Crippen LogP contribution in [0.1, 0.15) is 24.8 Å². The van der Waals surface area contributed by atoms with E-state index in [1.54, 1.807) is 12.3 Å². The molecule has 4 N–H and O–H groups in total. The molecule has 1 aromatic carbocycles. The van der Waals surface area contributed by atoms with Gasteiger partial charge in [-0.1, -0.05) is 42.0 Å². The summed E-state index contributed by atoms with van der Waals surface area (Å²) in [4.78, 5) is 24.2. The number of carbonyl (C=O) groups excluding carboxylic acids is 1. The number of benzene rings is 1. The van der Waals surface area contributed by atoms with Crippen molar-refractivity contribution < 1.29 is 14.7 Å². The molecule has 0 radical (unpaired) electrons. The van der Waals surface area contributed by atoms with Gasteiger partial charge >= 0.3 is 5.97 Å². The number of primary amides is 1. The highest BCUT2D eigenvalue weighted by atomic mass is 16.4. The molecular formula is C22H27N3O3. The molecule has 1 fully saturated rings. The van der Waals surface area contributed by atoms with Crippen molar-refractivity contribution in [2.24, 2.45) is 5.73 Å². The van der Waals surface area contributed by atoms with E-state index >= 15 is 0 Å². The van der Waals surface area contributed by atoms with E-state index in [9.17, 15) is 9.59 Å². The molecule has 1 aliphatic carbocycles. The summed E-state index contributed by atoms with van der Waals surface area (Å²) >= 11 is 0. The lowest BCUT2D eigenvalue weighted by molar-refractivity contribution is -0.140. The maximum atomic E-state index is 11.2. The van der Waals surface area contributed by atoms with Gasteiger partial charge in [-0.25, -0.2) is 4.79 Å². The Bertz CT molecular complexity index is 812. The number of nitrogens with one attached hydrogen (secondary N) is 1. The van der Waals surface area contributed by atoms with Crippen molar-refractivity contribution in [3.8, 4) is 0 Å². The molecule has 1 saturated carbocycles. The number of hydrogen-bond donors (Lipinski definition) is 3. The third-order valence-electron chi connectivity index (χ3n) is 4.20. The first-order valence-electron chi connectivity index (χ1n) is 9.14. The molecule has 28 heavy (non-hydrogen) atoms. The second kappa shape index (κ2) is 10.2. The van der Waals surface area contributed by atoms with Gasteiger partial charge in [0.1, 0.15) is 6.04 Å². The number of rotatable bonds is 10. The molecule has 6 nitrogen and oxygen atoms in total. The van der Waals surface area contributed by atoms with Gasteiger partial charge in [0, 0.05) is 19.8 Å². The third kappa shape index (κ3) is 7.53. The molecule has 0 aliphatic heterocycles. The fraction of sp³-hybridized carbons (Fsp3) is 0.273. The molecule has 0 heterocycles. The second-order valence-corrected chi connectivity index (χ2v) is 6.87. The summed E-state index contributed by atoms with van der Waals surface area (Å²) in [5.41, 5.74) is 9.58. The Hall–Kier alpha value is -3.28. The van der Waals surface area contributed by atoms with E-state index in [-0.39, 0.29) is 6.42 Å². The standard InChI is InChI=1S/C22H27N3O3/c1-25(2)19-11-9-17(10-12-19)6-8-18(7-5-16-3-4-16)13-14-24-20(22(27)28)15-21(23)26/h5-14,20,24H,3-4,15H2,1-2H3,(H2,23,26)(H,27,28)/b8-6+,14-13-,18-7-. The van der Waals surface area contributed by atoms with E-state index in [4.69, 9.17) is 10.8 Å². The highest BCUT2D eigenvalue weighted by molar-refractivity contribution is 5.83. The number of carbonyl (C=O) groups is 2. The highest BCUT2D eigenvalue weighted by Crippen LogP contribution is 2.27. The second-order valence-electron chi connectivity index (χ2n) is 6.87. The number of amides is 1. The average molecular weight is 381 g/mol. The quantitative estimate of drug-likeness (QED) is 0.542. The number of aliphatic carboxylic acids is 1. The fourth-order valence-corrected chi connectivity index (χ4v) is 2.37. The van der Waals surface area contributed by atoms with Crippen LogP contribution in [0, 0.1) is 0 Å². The molecule has 1 aromatic rings. The zero-order valence-electron chi connectivity index (χ0n) is 16.3. The number of carboxylic acid groups (broad SMARTS) is 1. The van der Waals surface area contributed by atoms with Gasteiger partial charge in [0.25, 0.3) is 0 Å². The maximum Gasteiger partial charge on any atom is 0.326 e. The van der Waals surface area contributed by atoms with Crippen LogP contribution in [-0.2, 0) is 9.59 Å². The molecular weight excluding hydrogens is 354 g/mol. The van der Waals surface area contributed by atoms with Gasteiger partial charge in [0.05, 0.1) is 6.42 Å². The Balaban J connectivity index is 2.09. The van der Waals surface area contributed by atoms with E-state index in [1.807, 2.05) is 61.5 Å². The molecule has 0 spiro atoms. The molecule has 2 rings (SSSR count). The van der Waals surface area contributed by atoms with Crippen molar-refractivity contribution in [1.82, 2.24) is 5.32 Å². The SMILES string of the molecule is CN(C)c1ccc(/C=C/C(/C=C\NC(CC(N)=O)C(=O)O)=C/C=C2CC2)cc1. The minimum absolute atomic E-state index is 0.267. The number of allylic oxidation sites excluding steroid dienone is 6. The lowest BCUT2D eigenvalue weighted by atomic mass is 10.1. The van der Waals surface area contributed by atoms with Gasteiger partial charge in [0.15, 0.2) is 0 Å². The van der Waals surface area contributed by atoms with Crippen LogP contribution >= 0.6 is 0 Å². The van der Waals surface area contributed by atoms with Gasteiger partial charge < -0.3 is 21.1 Å². The van der Waals surface area contributed by atoms with Gasteiger partial charge in [0.2, 0.25) is 5.91 Å². The molecule has 1 amide bonds. The van der Waals surface area contributed by atoms with Crippen molar-refractivity contribution in [1.29, 1.82) is 0 Å². The number of anilines is 1. The first-order valence-corrected chi connectivity index (χ1v) is 9.14. The summed E-state index contributed by atoms with van der Waals surface area (Å²) in [6.07, 6.45) is 13.3. The van der Waals surface area contributed by atoms with Crippen LogP contribution in [0.15, 0.2) is 65.9 Å². The van der Waals surface area contributed by atoms with Gasteiger partial charge in [-0.2, -0.15) is 0 Å². The van der Waals surface area contributed by atoms with Crippen LogP contribution in [-0.4, -0.2) is 37.1 Å². The van der Waals surface area contributed by atoms with Crippen LogP contribution < -0.4 is 16.0 Å². The Morgan fingerprint density at radius 2 is 1.89 bits per heavy atom. The summed E-state index contributed by atoms with van der Waals surface area (Å²) in [7, 11) is 4.00. The zero-order valence-corrected chi connectivity index (χ0v) is 16.3. The molecule has 6 heteroatoms. The fourth-order valence-electron chi connectivity index (χ4n) is 2.37. The predicted octanol–water partition coefficient (Wildman–Crippen LogP) is 2.84. The lowest BCUT2D eigenvalue weighted by Crippen LogP contribution is -2.37. The summed E-state index contributed by atoms with van der Waals surface area (Å²) < 4.78 is 0. The molecule has 0 bridgehead atoms. The Morgan fingerprint density at radius 3 is 2.43 bits per heavy atom. The van der Waals surface area contributed by atoms with Crippen molar-refractivity contribution in [3.05, 3.63) is 71.5 Å². The van der Waals surface area contributed by atoms with E-state index in [0.29, 0.717) is 0 Å². The molecule has 0 aromatic heterocycles. The summed E-state index contributed by atoms with van der Waals surface area (Å²) in [5, 5.41) is 11.9. The van der Waals surface area contributed by atoms with Crippen LogP contribution in [0.25, 0.3) is 6.08 Å². The summed E-state index contributed by atoms with van der Waals surface area (Å²) in [5.74, 6) is -1.78. The minimum atomic E-state index is -1.12. The first kappa shape index (κ1) is 21.0. The number of nitrogens with zero attached hydrogens (tertiary/aromatic N) is 1. The molecule has 0 saturated heterocycles. The zero-order chi connectivity index (χ0) is 20.5. The van der Waals surface area contributed by atoms with E-state index in [2.05, 4.69) is 11.4 Å². The van der Waals surface area contributed by atoms with Crippen molar-refractivity contribution in [3.63, 3.8) is 0 Å². The molecule has 1 atom stereocenters. The number of nitrogens with two attached hydrogens (primary N) is 1. The predicted molar refractivity (Wildman–Crippen MR) is 113 cm³/mol. The Labute approximate surface area is 165 Å². The van der Waals surface area contributed by atoms with Crippen molar-refractivity contribution in [2.75, 3.05) is 19.0 Å². The van der Waals surface area contributed by atoms with E-state index in [1.165, 1.54) is 5.57 Å². The lowest BCUT2D eigenvalue weighted by Gasteiger charge is -2.11. The van der Waals surface area contributed by atoms with Gasteiger partial charge in [-0.15, -0.1) is 0 Å². The van der Waals surface area contributed by atoms with E-state index < -0.39 is 17.9 Å². The monoisotopic (exact) mass is 381 g/mol. The molecule has 148 valence electrons. The Kier molecular flexibility index (Phi) is 7.63. The molecule has 1 unspecified atom stereocenters. The van der Waals surface area contributed by atoms with Crippen LogP contribution in [0.2, 0.25) is 0 Å². The van der Waals surface area contributed by atoms with Crippen LogP contribution in [0.3, 0.4) is 0 Å². The van der Waals surface area contributed by atoms with Crippen molar-refractivity contribution >= 4 is 23.6 Å². The highest BCUT2D eigenvalue weighted by Gasteiger charge is 2.17. The summed E-state index contributed by atoms with van der Waals surface area (Å²) in [6.45, 7) is 0. The van der Waals surface area contributed by atoms with Gasteiger partial charge in [-0.3, -0.25) is 4.79 Å². The first-order chi connectivity index (χ1) is 13.3. The summed E-state index contributed by atoms with van der Waals surface area (Å²) in [6, 6.07) is 7.14. The van der Waals surface area contributed by atoms with Crippen molar-refractivity contribution in [2.45, 2.75) is 25.3 Å². The smallest absolute Gasteiger partial charge is 0.326 e. The maximum absolute atomic E-state index is 11.2. The van der Waals surface area contributed by atoms with Crippen LogP contribution in [0.4, 0.5) is 5.69 Å².